The van der Waals surface area contributed by atoms with Crippen molar-refractivity contribution in [2.24, 2.45) is 0 Å². The van der Waals surface area contributed by atoms with Crippen LogP contribution in [0.25, 0.3) is 5.57 Å². The molecule has 1 aromatic rings. The summed E-state index contributed by atoms with van der Waals surface area (Å²) in [5, 5.41) is 0. The van der Waals surface area contributed by atoms with E-state index in [1.165, 1.54) is 0 Å². The van der Waals surface area contributed by atoms with Gasteiger partial charge >= 0.3 is 0 Å². The second-order valence-electron chi connectivity index (χ2n) is 5.13. The van der Waals surface area contributed by atoms with Crippen molar-refractivity contribution in [3.63, 3.8) is 0 Å². The first-order valence-electron chi connectivity index (χ1n) is 7.09. The molecule has 0 N–H and O–H groups in total. The number of carbonyl (C=O) groups excluding carboxylic acids is 2. The molecule has 0 spiro atoms. The molecule has 3 rings (SSSR count). The van der Waals surface area contributed by atoms with Crippen LogP contribution in [0.15, 0.2) is 59.9 Å². The van der Waals surface area contributed by atoms with Crippen molar-refractivity contribution in [1.29, 1.82) is 0 Å². The van der Waals surface area contributed by atoms with Crippen molar-refractivity contribution in [2.75, 3.05) is 6.61 Å². The predicted molar refractivity (Wildman–Crippen MR) is 80.4 cm³/mol. The maximum Gasteiger partial charge on any atom is 0.229 e. The summed E-state index contributed by atoms with van der Waals surface area (Å²) >= 11 is 0. The first-order chi connectivity index (χ1) is 10.2. The molecule has 1 aliphatic heterocycles. The highest BCUT2D eigenvalue weighted by molar-refractivity contribution is 6.38. The molecule has 2 aliphatic rings. The van der Waals surface area contributed by atoms with Crippen LogP contribution in [0.3, 0.4) is 0 Å². The molecule has 0 aromatic heterocycles. The van der Waals surface area contributed by atoms with E-state index in [4.69, 9.17) is 4.74 Å². The minimum atomic E-state index is -0.174. The van der Waals surface area contributed by atoms with Crippen LogP contribution in [0.1, 0.15) is 24.8 Å². The lowest BCUT2D eigenvalue weighted by Gasteiger charge is -2.26. The van der Waals surface area contributed by atoms with E-state index in [1.54, 1.807) is 6.08 Å². The van der Waals surface area contributed by atoms with Crippen LogP contribution in [0, 0.1) is 0 Å². The minimum Gasteiger partial charge on any atom is -0.489 e. The number of carbonyl (C=O) groups is 2. The van der Waals surface area contributed by atoms with E-state index in [0.717, 1.165) is 12.0 Å². The van der Waals surface area contributed by atoms with E-state index in [9.17, 15) is 9.59 Å². The van der Waals surface area contributed by atoms with Gasteiger partial charge in [0.05, 0.1) is 6.61 Å². The van der Waals surface area contributed by atoms with Gasteiger partial charge in [0.2, 0.25) is 5.78 Å². The molecule has 1 aliphatic carbocycles. The Morgan fingerprint density at radius 1 is 1.14 bits per heavy atom. The molecular weight excluding hydrogens is 264 g/mol. The highest BCUT2D eigenvalue weighted by Gasteiger charge is 2.36. The lowest BCUT2D eigenvalue weighted by atomic mass is 9.81. The number of ketones is 2. The number of allylic oxidation sites excluding steroid dienone is 4. The fourth-order valence-electron chi connectivity index (χ4n) is 2.84. The van der Waals surface area contributed by atoms with Crippen molar-refractivity contribution in [3.8, 4) is 0 Å². The maximum atomic E-state index is 12.8. The largest absolute Gasteiger partial charge is 0.489 e. The molecule has 1 aromatic carbocycles. The SMILES string of the molecule is C=CCC1=C(c2ccccc2)C(=O)C2=C(CCCO2)C1=O. The number of benzene rings is 1. The quantitative estimate of drug-likeness (QED) is 0.630. The molecule has 3 nitrogen and oxygen atoms in total. The van der Waals surface area contributed by atoms with E-state index in [1.807, 2.05) is 30.3 Å². The number of hydrogen-bond acceptors (Lipinski definition) is 3. The van der Waals surface area contributed by atoms with Crippen LogP contribution >= 0.6 is 0 Å². The van der Waals surface area contributed by atoms with E-state index < -0.39 is 0 Å². The summed E-state index contributed by atoms with van der Waals surface area (Å²) in [6, 6.07) is 9.29. The molecule has 0 saturated carbocycles. The molecular formula is C18H16O3. The molecule has 0 atom stereocenters. The van der Waals surface area contributed by atoms with Crippen LogP contribution in [0.4, 0.5) is 0 Å². The summed E-state index contributed by atoms with van der Waals surface area (Å²) in [7, 11) is 0. The average Bonchev–Trinajstić information content (AvgIpc) is 2.54. The Balaban J connectivity index is 2.17. The number of rotatable bonds is 3. The number of hydrogen-bond donors (Lipinski definition) is 0. The van der Waals surface area contributed by atoms with Crippen LogP contribution in [-0.2, 0) is 14.3 Å². The smallest absolute Gasteiger partial charge is 0.229 e. The van der Waals surface area contributed by atoms with Gasteiger partial charge in [-0.1, -0.05) is 36.4 Å². The van der Waals surface area contributed by atoms with Gasteiger partial charge in [0, 0.05) is 16.7 Å². The van der Waals surface area contributed by atoms with Gasteiger partial charge in [-0.25, -0.2) is 0 Å². The standard InChI is InChI=1S/C18H16O3/c1-2-7-13-15(12-8-4-3-5-9-12)17(20)18-14(16(13)19)10-6-11-21-18/h2-5,8-9H,1,6-7,10-11H2. The summed E-state index contributed by atoms with van der Waals surface area (Å²) in [5.74, 6) is 0.00770. The summed E-state index contributed by atoms with van der Waals surface area (Å²) in [4.78, 5) is 25.4. The van der Waals surface area contributed by atoms with Crippen LogP contribution < -0.4 is 0 Å². The molecule has 1 heterocycles. The lowest BCUT2D eigenvalue weighted by Crippen LogP contribution is -2.27. The Bertz CT molecular complexity index is 678. The fourth-order valence-corrected chi connectivity index (χ4v) is 2.84. The van der Waals surface area contributed by atoms with E-state index in [0.29, 0.717) is 36.2 Å². The molecule has 0 unspecified atom stereocenters. The van der Waals surface area contributed by atoms with Crippen LogP contribution in [0.5, 0.6) is 0 Å². The van der Waals surface area contributed by atoms with Gasteiger partial charge in [-0.15, -0.1) is 6.58 Å². The molecule has 3 heteroatoms. The van der Waals surface area contributed by atoms with Crippen LogP contribution in [-0.4, -0.2) is 18.2 Å². The van der Waals surface area contributed by atoms with Gasteiger partial charge in [-0.3, -0.25) is 9.59 Å². The zero-order valence-corrected chi connectivity index (χ0v) is 11.7. The van der Waals surface area contributed by atoms with Crippen molar-refractivity contribution in [1.82, 2.24) is 0 Å². The second kappa shape index (κ2) is 5.52. The Kier molecular flexibility index (Phi) is 3.57. The van der Waals surface area contributed by atoms with Gasteiger partial charge in [-0.2, -0.15) is 0 Å². The van der Waals surface area contributed by atoms with Gasteiger partial charge in [-0.05, 0) is 24.8 Å². The third-order valence-electron chi connectivity index (χ3n) is 3.79. The van der Waals surface area contributed by atoms with Crippen molar-refractivity contribution < 1.29 is 14.3 Å². The molecule has 0 radical (unpaired) electrons. The van der Waals surface area contributed by atoms with Crippen LogP contribution in [0.2, 0.25) is 0 Å². The zero-order valence-electron chi connectivity index (χ0n) is 11.7. The van der Waals surface area contributed by atoms with Gasteiger partial charge in [0.25, 0.3) is 0 Å². The summed E-state index contributed by atoms with van der Waals surface area (Å²) in [5.41, 5.74) is 2.28. The van der Waals surface area contributed by atoms with Gasteiger partial charge < -0.3 is 4.74 Å². The van der Waals surface area contributed by atoms with Crippen molar-refractivity contribution >= 4 is 17.1 Å². The highest BCUT2D eigenvalue weighted by atomic mass is 16.5. The fraction of sp³-hybridized carbons (Fsp3) is 0.222. The van der Waals surface area contributed by atoms with E-state index >= 15 is 0 Å². The molecule has 21 heavy (non-hydrogen) atoms. The van der Waals surface area contributed by atoms with Gasteiger partial charge in [0.15, 0.2) is 11.5 Å². The Morgan fingerprint density at radius 3 is 2.62 bits per heavy atom. The third-order valence-corrected chi connectivity index (χ3v) is 3.79. The molecule has 0 saturated heterocycles. The topological polar surface area (TPSA) is 43.4 Å². The predicted octanol–water partition coefficient (Wildman–Crippen LogP) is 3.23. The Labute approximate surface area is 123 Å². The van der Waals surface area contributed by atoms with Gasteiger partial charge in [0.1, 0.15) is 0 Å². The summed E-state index contributed by atoms with van der Waals surface area (Å²) < 4.78 is 5.49. The van der Waals surface area contributed by atoms with E-state index in [2.05, 4.69) is 6.58 Å². The average molecular weight is 280 g/mol. The van der Waals surface area contributed by atoms with Crippen molar-refractivity contribution in [2.45, 2.75) is 19.3 Å². The normalized spacial score (nSPS) is 18.5. The summed E-state index contributed by atoms with van der Waals surface area (Å²) in [6.07, 6.45) is 3.45. The summed E-state index contributed by atoms with van der Waals surface area (Å²) in [6.45, 7) is 4.20. The van der Waals surface area contributed by atoms with E-state index in [-0.39, 0.29) is 17.3 Å². The zero-order chi connectivity index (χ0) is 14.8. The minimum absolute atomic E-state index is 0.0666. The monoisotopic (exact) mass is 280 g/mol. The first-order valence-corrected chi connectivity index (χ1v) is 7.09. The lowest BCUT2D eigenvalue weighted by molar-refractivity contribution is -0.118. The molecule has 0 fully saturated rings. The molecule has 106 valence electrons. The number of Topliss-reactive ketones (excluding diaryl/α,β-unsaturated/α-hetero) is 2. The number of ether oxygens (including phenoxy) is 1. The van der Waals surface area contributed by atoms with Crippen molar-refractivity contribution in [3.05, 3.63) is 65.5 Å². The maximum absolute atomic E-state index is 12.8. The Morgan fingerprint density at radius 2 is 1.90 bits per heavy atom. The third kappa shape index (κ3) is 2.25. The molecule has 0 amide bonds. The first kappa shape index (κ1) is 13.6. The Hall–Kier alpha value is -2.42. The molecule has 0 bridgehead atoms. The second-order valence-corrected chi connectivity index (χ2v) is 5.13. The highest BCUT2D eigenvalue weighted by Crippen LogP contribution is 2.36.